The van der Waals surface area contributed by atoms with E-state index in [4.69, 9.17) is 5.73 Å². The second kappa shape index (κ2) is 3.85. The summed E-state index contributed by atoms with van der Waals surface area (Å²) < 4.78 is 39.3. The van der Waals surface area contributed by atoms with E-state index < -0.39 is 23.5 Å². The van der Waals surface area contributed by atoms with E-state index in [1.165, 1.54) is 0 Å². The van der Waals surface area contributed by atoms with Gasteiger partial charge in [-0.05, 0) is 18.8 Å². The molecule has 0 aromatic heterocycles. The Labute approximate surface area is 86.1 Å². The second-order valence-electron chi connectivity index (χ2n) is 4.00. The van der Waals surface area contributed by atoms with Crippen molar-refractivity contribution in [1.29, 1.82) is 0 Å². The molecule has 15 heavy (non-hydrogen) atoms. The molecule has 0 aliphatic heterocycles. The van der Waals surface area contributed by atoms with Gasteiger partial charge in [-0.25, -0.2) is 13.2 Å². The van der Waals surface area contributed by atoms with Crippen molar-refractivity contribution >= 4 is 0 Å². The normalized spacial score (nSPS) is 18.7. The molecule has 0 radical (unpaired) electrons. The molecule has 0 spiro atoms. The van der Waals surface area contributed by atoms with Gasteiger partial charge in [0, 0.05) is 23.7 Å². The van der Waals surface area contributed by atoms with E-state index in [0.29, 0.717) is 12.1 Å². The molecule has 0 heterocycles. The van der Waals surface area contributed by atoms with E-state index in [9.17, 15) is 13.2 Å². The highest BCUT2D eigenvalue weighted by Gasteiger charge is 2.29. The fourth-order valence-corrected chi connectivity index (χ4v) is 1.91. The van der Waals surface area contributed by atoms with Gasteiger partial charge in [-0.15, -0.1) is 0 Å². The van der Waals surface area contributed by atoms with E-state index in [1.807, 2.05) is 0 Å². The van der Waals surface area contributed by atoms with Crippen LogP contribution in [0.4, 0.5) is 13.2 Å². The molecular formula is C11H12F3N. The molecule has 2 rings (SSSR count). The van der Waals surface area contributed by atoms with Gasteiger partial charge in [0.2, 0.25) is 0 Å². The standard InChI is InChI=1S/C11H12F3N/c12-7-4-8(13)10(9(14)5-7)11(15)6-2-1-3-6/h4-6,11H,1-3,15H2/t11-/m0/s1. The first-order valence-corrected chi connectivity index (χ1v) is 4.99. The van der Waals surface area contributed by atoms with Crippen LogP contribution in [0.25, 0.3) is 0 Å². The molecule has 82 valence electrons. The minimum Gasteiger partial charge on any atom is -0.324 e. The number of benzene rings is 1. The van der Waals surface area contributed by atoms with Gasteiger partial charge in [0.1, 0.15) is 17.5 Å². The van der Waals surface area contributed by atoms with Crippen molar-refractivity contribution in [1.82, 2.24) is 0 Å². The van der Waals surface area contributed by atoms with Gasteiger partial charge in [-0.1, -0.05) is 6.42 Å². The van der Waals surface area contributed by atoms with E-state index in [0.717, 1.165) is 19.3 Å². The summed E-state index contributed by atoms with van der Waals surface area (Å²) in [6.07, 6.45) is 2.82. The van der Waals surface area contributed by atoms with E-state index in [-0.39, 0.29) is 11.5 Å². The summed E-state index contributed by atoms with van der Waals surface area (Å²) in [5.74, 6) is -2.55. The largest absolute Gasteiger partial charge is 0.324 e. The van der Waals surface area contributed by atoms with Crippen molar-refractivity contribution in [2.24, 2.45) is 11.7 Å². The number of hydrogen-bond acceptors (Lipinski definition) is 1. The Kier molecular flexibility index (Phi) is 2.69. The van der Waals surface area contributed by atoms with Gasteiger partial charge >= 0.3 is 0 Å². The number of rotatable bonds is 2. The van der Waals surface area contributed by atoms with Crippen LogP contribution in [0.2, 0.25) is 0 Å². The molecule has 1 aromatic rings. The van der Waals surface area contributed by atoms with Gasteiger partial charge in [0.05, 0.1) is 0 Å². The van der Waals surface area contributed by atoms with Crippen molar-refractivity contribution in [3.8, 4) is 0 Å². The zero-order chi connectivity index (χ0) is 11.0. The average molecular weight is 215 g/mol. The van der Waals surface area contributed by atoms with Crippen LogP contribution in [0, 0.1) is 23.4 Å². The SMILES string of the molecule is N[C@H](c1c(F)cc(F)cc1F)C1CCC1. The molecule has 1 aromatic carbocycles. The van der Waals surface area contributed by atoms with Gasteiger partial charge in [-0.2, -0.15) is 0 Å². The lowest BCUT2D eigenvalue weighted by atomic mass is 9.77. The van der Waals surface area contributed by atoms with Crippen LogP contribution in [-0.4, -0.2) is 0 Å². The molecule has 2 N–H and O–H groups in total. The van der Waals surface area contributed by atoms with Crippen LogP contribution in [0.15, 0.2) is 12.1 Å². The molecule has 0 amide bonds. The minimum absolute atomic E-state index is 0.125. The molecule has 1 saturated carbocycles. The maximum absolute atomic E-state index is 13.3. The summed E-state index contributed by atoms with van der Waals surface area (Å²) in [7, 11) is 0. The highest BCUT2D eigenvalue weighted by Crippen LogP contribution is 2.37. The summed E-state index contributed by atoms with van der Waals surface area (Å²) in [4.78, 5) is 0. The maximum atomic E-state index is 13.3. The Morgan fingerprint density at radius 1 is 1.13 bits per heavy atom. The minimum atomic E-state index is -0.908. The lowest BCUT2D eigenvalue weighted by molar-refractivity contribution is 0.255. The van der Waals surface area contributed by atoms with Gasteiger partial charge in [-0.3, -0.25) is 0 Å². The summed E-state index contributed by atoms with van der Waals surface area (Å²) in [6, 6.07) is 0.702. The molecule has 1 aliphatic carbocycles. The third kappa shape index (κ3) is 1.86. The van der Waals surface area contributed by atoms with Crippen LogP contribution in [0.3, 0.4) is 0 Å². The number of hydrogen-bond donors (Lipinski definition) is 1. The van der Waals surface area contributed by atoms with E-state index >= 15 is 0 Å². The van der Waals surface area contributed by atoms with Crippen LogP contribution in [0.1, 0.15) is 30.9 Å². The quantitative estimate of drug-likeness (QED) is 0.806. The summed E-state index contributed by atoms with van der Waals surface area (Å²) in [5, 5.41) is 0. The highest BCUT2D eigenvalue weighted by molar-refractivity contribution is 5.25. The van der Waals surface area contributed by atoms with Crippen molar-refractivity contribution in [3.63, 3.8) is 0 Å². The first kappa shape index (κ1) is 10.5. The van der Waals surface area contributed by atoms with Crippen molar-refractivity contribution in [3.05, 3.63) is 35.1 Å². The zero-order valence-electron chi connectivity index (χ0n) is 8.14. The van der Waals surface area contributed by atoms with Crippen LogP contribution >= 0.6 is 0 Å². The van der Waals surface area contributed by atoms with E-state index in [1.54, 1.807) is 0 Å². The highest BCUT2D eigenvalue weighted by atomic mass is 19.1. The molecule has 1 aliphatic rings. The summed E-state index contributed by atoms with van der Waals surface area (Å²) >= 11 is 0. The molecule has 4 heteroatoms. The third-order valence-corrected chi connectivity index (χ3v) is 3.03. The van der Waals surface area contributed by atoms with Crippen molar-refractivity contribution < 1.29 is 13.2 Å². The number of halogens is 3. The lowest BCUT2D eigenvalue weighted by Crippen LogP contribution is -2.28. The first-order valence-electron chi connectivity index (χ1n) is 4.99. The van der Waals surface area contributed by atoms with Crippen molar-refractivity contribution in [2.75, 3.05) is 0 Å². The summed E-state index contributed by atoms with van der Waals surface area (Å²) in [5.41, 5.74) is 5.57. The van der Waals surface area contributed by atoms with Crippen LogP contribution < -0.4 is 5.73 Å². The van der Waals surface area contributed by atoms with Gasteiger partial charge in [0.15, 0.2) is 0 Å². The molecule has 0 bridgehead atoms. The lowest BCUT2D eigenvalue weighted by Gasteiger charge is -2.31. The Hall–Kier alpha value is -1.03. The van der Waals surface area contributed by atoms with Gasteiger partial charge < -0.3 is 5.73 Å². The zero-order valence-corrected chi connectivity index (χ0v) is 8.14. The van der Waals surface area contributed by atoms with Crippen LogP contribution in [-0.2, 0) is 0 Å². The Morgan fingerprint density at radius 2 is 1.67 bits per heavy atom. The van der Waals surface area contributed by atoms with E-state index in [2.05, 4.69) is 0 Å². The van der Waals surface area contributed by atoms with Gasteiger partial charge in [0.25, 0.3) is 0 Å². The Bertz CT molecular complexity index is 351. The number of nitrogens with two attached hydrogens (primary N) is 1. The Balaban J connectivity index is 2.33. The maximum Gasteiger partial charge on any atom is 0.133 e. The topological polar surface area (TPSA) is 26.0 Å². The molecular weight excluding hydrogens is 203 g/mol. The Morgan fingerprint density at radius 3 is 2.07 bits per heavy atom. The molecule has 1 atom stereocenters. The van der Waals surface area contributed by atoms with Crippen LogP contribution in [0.5, 0.6) is 0 Å². The second-order valence-corrected chi connectivity index (χ2v) is 4.00. The van der Waals surface area contributed by atoms with Crippen molar-refractivity contribution in [2.45, 2.75) is 25.3 Å². The predicted octanol–water partition coefficient (Wildman–Crippen LogP) is 2.90. The molecule has 0 unspecified atom stereocenters. The molecule has 1 nitrogen and oxygen atoms in total. The predicted molar refractivity (Wildman–Crippen MR) is 50.6 cm³/mol. The first-order chi connectivity index (χ1) is 7.09. The molecule has 0 saturated heterocycles. The molecule has 1 fully saturated rings. The summed E-state index contributed by atoms with van der Waals surface area (Å²) in [6.45, 7) is 0. The monoisotopic (exact) mass is 215 g/mol. The fraction of sp³-hybridized carbons (Fsp3) is 0.455. The fourth-order valence-electron chi connectivity index (χ4n) is 1.91. The average Bonchev–Trinajstić information content (AvgIpc) is 1.97. The third-order valence-electron chi connectivity index (χ3n) is 3.03. The smallest absolute Gasteiger partial charge is 0.133 e.